The van der Waals surface area contributed by atoms with Crippen LogP contribution in [0.4, 0.5) is 51.0 Å². The number of halogens is 9. The first-order valence-corrected chi connectivity index (χ1v) is 8.99. The van der Waals surface area contributed by atoms with E-state index < -0.39 is 51.9 Å². The van der Waals surface area contributed by atoms with Gasteiger partial charge in [0.05, 0.1) is 0 Å². The normalized spacial score (nSPS) is 16.3. The Kier molecular flexibility index (Phi) is 6.18. The molecule has 2 aliphatic rings. The molecule has 176 valence electrons. The van der Waals surface area contributed by atoms with E-state index in [4.69, 9.17) is 0 Å². The Bertz CT molecular complexity index is 1170. The summed E-state index contributed by atoms with van der Waals surface area (Å²) in [5.41, 5.74) is 1.62. The SMILES string of the molecule is Fc1c(F)c(F)c2c(c1F)NC(F)(F)C(F)(F)N2F.[SiH4].c1ccc2c(c1)Cc1ccccc1-2. The van der Waals surface area contributed by atoms with Crippen molar-refractivity contribution in [2.45, 2.75) is 18.5 Å². The molecule has 12 heteroatoms. The minimum absolute atomic E-state index is 0. The topological polar surface area (TPSA) is 15.3 Å². The van der Waals surface area contributed by atoms with Crippen LogP contribution in [0.15, 0.2) is 48.5 Å². The lowest BCUT2D eigenvalue weighted by molar-refractivity contribution is -0.212. The zero-order valence-electron chi connectivity index (χ0n) is 15.7. The van der Waals surface area contributed by atoms with E-state index in [1.54, 1.807) is 0 Å². The fourth-order valence-electron chi connectivity index (χ4n) is 3.49. The lowest BCUT2D eigenvalue weighted by Gasteiger charge is -2.37. The lowest BCUT2D eigenvalue weighted by Crippen LogP contribution is -2.59. The van der Waals surface area contributed by atoms with Crippen molar-refractivity contribution in [2.75, 3.05) is 10.4 Å². The van der Waals surface area contributed by atoms with Crippen LogP contribution < -0.4 is 10.4 Å². The molecule has 0 spiro atoms. The molecule has 2 nitrogen and oxygen atoms in total. The van der Waals surface area contributed by atoms with Crippen LogP contribution in [0.1, 0.15) is 11.1 Å². The molecular formula is C21H15F9N2Si. The molecular weight excluding hydrogens is 479 g/mol. The lowest BCUT2D eigenvalue weighted by atomic mass is 10.1. The Labute approximate surface area is 185 Å². The molecule has 0 radical (unpaired) electrons. The number of fused-ring (bicyclic) bond motifs is 4. The maximum absolute atomic E-state index is 13.1. The van der Waals surface area contributed by atoms with E-state index in [1.807, 2.05) is 0 Å². The highest BCUT2D eigenvalue weighted by molar-refractivity contribution is 5.76. The Morgan fingerprint density at radius 1 is 0.697 bits per heavy atom. The van der Waals surface area contributed by atoms with E-state index in [0.29, 0.717) is 5.32 Å². The molecule has 0 saturated heterocycles. The van der Waals surface area contributed by atoms with Gasteiger partial charge < -0.3 is 5.32 Å². The molecule has 5 rings (SSSR count). The van der Waals surface area contributed by atoms with Crippen molar-refractivity contribution >= 4 is 22.3 Å². The van der Waals surface area contributed by atoms with E-state index in [9.17, 15) is 39.6 Å². The molecule has 33 heavy (non-hydrogen) atoms. The molecule has 3 aromatic rings. The number of nitrogens with one attached hydrogen (secondary N) is 1. The fraction of sp³-hybridized carbons (Fsp3) is 0.143. The molecule has 0 saturated carbocycles. The first kappa shape index (κ1) is 24.5. The maximum atomic E-state index is 13.1. The van der Waals surface area contributed by atoms with Crippen LogP contribution >= 0.6 is 0 Å². The third-order valence-corrected chi connectivity index (χ3v) is 5.05. The average molecular weight is 494 g/mol. The third-order valence-electron chi connectivity index (χ3n) is 5.05. The van der Waals surface area contributed by atoms with Gasteiger partial charge in [-0.25, -0.2) is 17.6 Å². The van der Waals surface area contributed by atoms with Crippen LogP contribution in [0.2, 0.25) is 0 Å². The summed E-state index contributed by atoms with van der Waals surface area (Å²) in [6.07, 6.45) is 1.10. The van der Waals surface area contributed by atoms with Crippen molar-refractivity contribution in [1.82, 2.24) is 0 Å². The van der Waals surface area contributed by atoms with Gasteiger partial charge in [-0.05, 0) is 39.6 Å². The summed E-state index contributed by atoms with van der Waals surface area (Å²) < 4.78 is 116. The summed E-state index contributed by atoms with van der Waals surface area (Å²) >= 11 is 0. The van der Waals surface area contributed by atoms with Crippen LogP contribution in [0, 0.1) is 23.3 Å². The van der Waals surface area contributed by atoms with E-state index in [-0.39, 0.29) is 11.0 Å². The summed E-state index contributed by atoms with van der Waals surface area (Å²) in [6, 6.07) is 6.31. The monoisotopic (exact) mass is 494 g/mol. The second-order valence-electron chi connectivity index (χ2n) is 6.99. The largest absolute Gasteiger partial charge is 0.434 e. The predicted octanol–water partition coefficient (Wildman–Crippen LogP) is 5.35. The van der Waals surface area contributed by atoms with Gasteiger partial charge in [-0.1, -0.05) is 53.0 Å². The molecule has 1 aliphatic heterocycles. The van der Waals surface area contributed by atoms with Gasteiger partial charge in [-0.3, -0.25) is 0 Å². The second kappa shape index (κ2) is 8.32. The molecule has 1 heterocycles. The van der Waals surface area contributed by atoms with Crippen molar-refractivity contribution in [2.24, 2.45) is 0 Å². The molecule has 0 unspecified atom stereocenters. The summed E-state index contributed by atoms with van der Waals surface area (Å²) in [5, 5.41) is -1.71. The number of hydrogen-bond donors (Lipinski definition) is 1. The van der Waals surface area contributed by atoms with E-state index in [1.165, 1.54) is 22.3 Å². The van der Waals surface area contributed by atoms with Gasteiger partial charge in [0, 0.05) is 0 Å². The minimum atomic E-state index is -5.63. The van der Waals surface area contributed by atoms with Gasteiger partial charge in [0.2, 0.25) is 0 Å². The zero-order valence-corrected chi connectivity index (χ0v) is 15.7. The Hall–Kier alpha value is -3.15. The van der Waals surface area contributed by atoms with E-state index in [0.717, 1.165) is 6.42 Å². The predicted molar refractivity (Wildman–Crippen MR) is 109 cm³/mol. The number of hydrogen-bond acceptors (Lipinski definition) is 2. The zero-order chi connectivity index (χ0) is 23.4. The highest BCUT2D eigenvalue weighted by Crippen LogP contribution is 2.50. The van der Waals surface area contributed by atoms with Gasteiger partial charge in [-0.15, -0.1) is 5.12 Å². The van der Waals surface area contributed by atoms with Crippen LogP contribution in [0.25, 0.3) is 11.1 Å². The first-order chi connectivity index (χ1) is 15.0. The number of benzene rings is 3. The van der Waals surface area contributed by atoms with Gasteiger partial charge in [0.15, 0.2) is 23.3 Å². The summed E-state index contributed by atoms with van der Waals surface area (Å²) in [4.78, 5) is 0. The molecule has 1 aliphatic carbocycles. The molecule has 0 bridgehead atoms. The molecule has 0 atom stereocenters. The van der Waals surface area contributed by atoms with Gasteiger partial charge in [-0.2, -0.15) is 17.6 Å². The van der Waals surface area contributed by atoms with E-state index in [2.05, 4.69) is 48.5 Å². The third kappa shape index (κ3) is 3.71. The van der Waals surface area contributed by atoms with Crippen molar-refractivity contribution < 1.29 is 39.6 Å². The molecule has 1 N–H and O–H groups in total. The van der Waals surface area contributed by atoms with Crippen LogP contribution in [0.5, 0.6) is 0 Å². The first-order valence-electron chi connectivity index (χ1n) is 8.99. The maximum Gasteiger partial charge on any atom is 0.434 e. The molecule has 0 amide bonds. The number of nitrogens with zero attached hydrogens (tertiary/aromatic N) is 1. The Morgan fingerprint density at radius 2 is 1.15 bits per heavy atom. The van der Waals surface area contributed by atoms with Crippen molar-refractivity contribution in [3.63, 3.8) is 0 Å². The van der Waals surface area contributed by atoms with Crippen LogP contribution in [0.3, 0.4) is 0 Å². The molecule has 0 fully saturated rings. The average Bonchev–Trinajstić information content (AvgIpc) is 3.14. The standard InChI is InChI=1S/C13H10.C8HF9N2.H4Si/c1-3-7-12-10(5-1)9-11-6-2-4-8-13(11)12;9-1-2(10)4(12)6-5(3(1)11)18-7(13,14)8(15,16)19(6)17;/h1-8H,9H2;18H;1H4. The summed E-state index contributed by atoms with van der Waals surface area (Å²) in [5.74, 6) is -10.2. The van der Waals surface area contributed by atoms with Crippen LogP contribution in [-0.2, 0) is 6.42 Å². The van der Waals surface area contributed by atoms with Gasteiger partial charge >= 0.3 is 12.1 Å². The highest BCUT2D eigenvalue weighted by Gasteiger charge is 2.67. The molecule has 3 aromatic carbocycles. The summed E-state index contributed by atoms with van der Waals surface area (Å²) in [7, 11) is 0. The summed E-state index contributed by atoms with van der Waals surface area (Å²) in [6.45, 7) is 0. The van der Waals surface area contributed by atoms with Crippen molar-refractivity contribution in [1.29, 1.82) is 0 Å². The minimum Gasteiger partial charge on any atom is -0.315 e. The van der Waals surface area contributed by atoms with E-state index >= 15 is 0 Å². The molecule has 0 aromatic heterocycles. The fourth-order valence-corrected chi connectivity index (χ4v) is 3.49. The van der Waals surface area contributed by atoms with Crippen molar-refractivity contribution in [3.8, 4) is 11.1 Å². The quantitative estimate of drug-likeness (QED) is 0.0886. The smallest absolute Gasteiger partial charge is 0.315 e. The Balaban J connectivity index is 0.000000191. The van der Waals surface area contributed by atoms with Gasteiger partial charge in [0.25, 0.3) is 0 Å². The number of anilines is 2. The highest BCUT2D eigenvalue weighted by atomic mass is 28.1. The van der Waals surface area contributed by atoms with Crippen LogP contribution in [-0.4, -0.2) is 23.1 Å². The number of rotatable bonds is 0. The Morgan fingerprint density at radius 3 is 1.67 bits per heavy atom. The van der Waals surface area contributed by atoms with Crippen molar-refractivity contribution in [3.05, 3.63) is 82.9 Å². The van der Waals surface area contributed by atoms with Gasteiger partial charge in [0.1, 0.15) is 11.4 Å². The number of alkyl halides is 4. The second-order valence-corrected chi connectivity index (χ2v) is 6.99.